The molecule has 20 heavy (non-hydrogen) atoms. The first kappa shape index (κ1) is 14.6. The Labute approximate surface area is 120 Å². The van der Waals surface area contributed by atoms with Gasteiger partial charge in [-0.25, -0.2) is 0 Å². The molecule has 1 heterocycles. The van der Waals surface area contributed by atoms with Crippen molar-refractivity contribution < 1.29 is 9.59 Å². The number of piperazine rings is 1. The third-order valence-electron chi connectivity index (χ3n) is 3.76. The van der Waals surface area contributed by atoms with Crippen molar-refractivity contribution in [2.45, 2.75) is 39.2 Å². The minimum absolute atomic E-state index is 0.0693. The molecule has 4 heteroatoms. The van der Waals surface area contributed by atoms with Crippen molar-refractivity contribution in [1.82, 2.24) is 10.2 Å². The summed E-state index contributed by atoms with van der Waals surface area (Å²) >= 11 is 0. The van der Waals surface area contributed by atoms with Crippen LogP contribution in [0.5, 0.6) is 0 Å². The summed E-state index contributed by atoms with van der Waals surface area (Å²) in [6.07, 6.45) is 0. The zero-order chi connectivity index (χ0) is 14.9. The maximum absolute atomic E-state index is 12.5. The highest BCUT2D eigenvalue weighted by Gasteiger charge is 2.29. The third kappa shape index (κ3) is 2.84. The molecule has 1 N–H and O–H groups in total. The first-order chi connectivity index (χ1) is 9.30. The predicted molar refractivity (Wildman–Crippen MR) is 78.7 cm³/mol. The number of benzene rings is 1. The molecule has 1 aromatic carbocycles. The van der Waals surface area contributed by atoms with E-state index >= 15 is 0 Å². The van der Waals surface area contributed by atoms with Crippen LogP contribution in [-0.2, 0) is 10.2 Å². The van der Waals surface area contributed by atoms with Crippen molar-refractivity contribution in [2.75, 3.05) is 13.1 Å². The van der Waals surface area contributed by atoms with Gasteiger partial charge in [0.1, 0.15) is 6.04 Å². The van der Waals surface area contributed by atoms with Crippen LogP contribution in [0, 0.1) is 0 Å². The van der Waals surface area contributed by atoms with E-state index in [0.717, 1.165) is 0 Å². The Kier molecular flexibility index (Phi) is 3.84. The number of nitrogens with one attached hydrogen (secondary N) is 1. The average Bonchev–Trinajstić information content (AvgIpc) is 2.40. The summed E-state index contributed by atoms with van der Waals surface area (Å²) in [4.78, 5) is 25.7. The second-order valence-electron chi connectivity index (χ2n) is 6.29. The van der Waals surface area contributed by atoms with Crippen molar-refractivity contribution in [1.29, 1.82) is 0 Å². The summed E-state index contributed by atoms with van der Waals surface area (Å²) in [6, 6.07) is 7.27. The van der Waals surface area contributed by atoms with Crippen LogP contribution >= 0.6 is 0 Å². The summed E-state index contributed by atoms with van der Waals surface area (Å²) < 4.78 is 0. The number of carbonyl (C=O) groups is 2. The second kappa shape index (κ2) is 5.27. The summed E-state index contributed by atoms with van der Waals surface area (Å²) in [5, 5.41) is 2.76. The van der Waals surface area contributed by atoms with Crippen molar-refractivity contribution in [3.8, 4) is 0 Å². The Hall–Kier alpha value is -1.84. The molecule has 0 spiro atoms. The lowest BCUT2D eigenvalue weighted by Crippen LogP contribution is -2.55. The Morgan fingerprint density at radius 2 is 1.85 bits per heavy atom. The highest BCUT2D eigenvalue weighted by atomic mass is 16.2. The van der Waals surface area contributed by atoms with Crippen molar-refractivity contribution >= 4 is 11.8 Å². The van der Waals surface area contributed by atoms with Crippen LogP contribution < -0.4 is 5.32 Å². The normalized spacial score (nSPS) is 19.7. The van der Waals surface area contributed by atoms with Crippen molar-refractivity contribution in [3.05, 3.63) is 35.4 Å². The SMILES string of the molecule is CC1C(=O)NCCN1C(=O)c1ccc(C(C)(C)C)cc1. The van der Waals surface area contributed by atoms with E-state index in [1.54, 1.807) is 11.8 Å². The third-order valence-corrected chi connectivity index (χ3v) is 3.76. The Balaban J connectivity index is 2.19. The molecule has 0 saturated carbocycles. The highest BCUT2D eigenvalue weighted by Crippen LogP contribution is 2.22. The molecular formula is C16H22N2O2. The Morgan fingerprint density at radius 3 is 2.40 bits per heavy atom. The molecule has 1 atom stereocenters. The molecule has 1 aliphatic rings. The predicted octanol–water partition coefficient (Wildman–Crippen LogP) is 1.94. The molecule has 0 aromatic heterocycles. The fourth-order valence-corrected chi connectivity index (χ4v) is 2.34. The smallest absolute Gasteiger partial charge is 0.254 e. The van der Waals surface area contributed by atoms with Crippen LogP contribution in [0.3, 0.4) is 0 Å². The summed E-state index contributed by atoms with van der Waals surface area (Å²) in [6.45, 7) is 9.26. The quantitative estimate of drug-likeness (QED) is 0.851. The molecule has 1 unspecified atom stereocenters. The zero-order valence-corrected chi connectivity index (χ0v) is 12.6. The number of hydrogen-bond acceptors (Lipinski definition) is 2. The largest absolute Gasteiger partial charge is 0.353 e. The highest BCUT2D eigenvalue weighted by molar-refractivity contribution is 5.98. The van der Waals surface area contributed by atoms with Crippen LogP contribution in [0.15, 0.2) is 24.3 Å². The van der Waals surface area contributed by atoms with Crippen LogP contribution in [-0.4, -0.2) is 35.8 Å². The van der Waals surface area contributed by atoms with E-state index in [0.29, 0.717) is 18.7 Å². The molecule has 0 radical (unpaired) electrons. The van der Waals surface area contributed by atoms with Gasteiger partial charge >= 0.3 is 0 Å². The first-order valence-electron chi connectivity index (χ1n) is 7.00. The van der Waals surface area contributed by atoms with Gasteiger partial charge in [0.05, 0.1) is 0 Å². The average molecular weight is 274 g/mol. The van der Waals surface area contributed by atoms with E-state index in [4.69, 9.17) is 0 Å². The molecular weight excluding hydrogens is 252 g/mol. The summed E-state index contributed by atoms with van der Waals surface area (Å²) in [5.41, 5.74) is 1.90. The molecule has 4 nitrogen and oxygen atoms in total. The number of amides is 2. The van der Waals surface area contributed by atoms with Gasteiger partial charge in [-0.2, -0.15) is 0 Å². The van der Waals surface area contributed by atoms with Gasteiger partial charge in [0, 0.05) is 18.7 Å². The molecule has 1 fully saturated rings. The molecule has 2 amide bonds. The fourth-order valence-electron chi connectivity index (χ4n) is 2.34. The lowest BCUT2D eigenvalue weighted by Gasteiger charge is -2.33. The lowest BCUT2D eigenvalue weighted by molar-refractivity contribution is -0.127. The van der Waals surface area contributed by atoms with Gasteiger partial charge in [0.15, 0.2) is 0 Å². The van der Waals surface area contributed by atoms with E-state index in [1.807, 2.05) is 24.3 Å². The van der Waals surface area contributed by atoms with Crippen LogP contribution in [0.2, 0.25) is 0 Å². The molecule has 1 saturated heterocycles. The standard InChI is InChI=1S/C16H22N2O2/c1-11-14(19)17-9-10-18(11)15(20)12-5-7-13(8-6-12)16(2,3)4/h5-8,11H,9-10H2,1-4H3,(H,17,19). The van der Waals surface area contributed by atoms with E-state index in [9.17, 15) is 9.59 Å². The Bertz CT molecular complexity index is 514. The minimum atomic E-state index is -0.404. The van der Waals surface area contributed by atoms with Gasteiger partial charge in [-0.15, -0.1) is 0 Å². The second-order valence-corrected chi connectivity index (χ2v) is 6.29. The zero-order valence-electron chi connectivity index (χ0n) is 12.6. The minimum Gasteiger partial charge on any atom is -0.353 e. The number of nitrogens with zero attached hydrogens (tertiary/aromatic N) is 1. The van der Waals surface area contributed by atoms with Crippen molar-refractivity contribution in [3.63, 3.8) is 0 Å². The lowest BCUT2D eigenvalue weighted by atomic mass is 9.86. The van der Waals surface area contributed by atoms with Gasteiger partial charge in [0.25, 0.3) is 5.91 Å². The topological polar surface area (TPSA) is 49.4 Å². The fraction of sp³-hybridized carbons (Fsp3) is 0.500. The van der Waals surface area contributed by atoms with Crippen LogP contribution in [0.1, 0.15) is 43.6 Å². The van der Waals surface area contributed by atoms with Gasteiger partial charge in [-0.05, 0) is 30.0 Å². The monoisotopic (exact) mass is 274 g/mol. The Morgan fingerprint density at radius 1 is 1.25 bits per heavy atom. The van der Waals surface area contributed by atoms with E-state index in [-0.39, 0.29) is 17.2 Å². The maximum Gasteiger partial charge on any atom is 0.254 e. The first-order valence-corrected chi connectivity index (χ1v) is 7.00. The van der Waals surface area contributed by atoms with Crippen molar-refractivity contribution in [2.24, 2.45) is 0 Å². The number of hydrogen-bond donors (Lipinski definition) is 1. The molecule has 108 valence electrons. The number of carbonyl (C=O) groups excluding carboxylic acids is 2. The molecule has 2 rings (SSSR count). The van der Waals surface area contributed by atoms with Crippen LogP contribution in [0.25, 0.3) is 0 Å². The molecule has 1 aromatic rings. The van der Waals surface area contributed by atoms with Gasteiger partial charge in [0.2, 0.25) is 5.91 Å². The summed E-state index contributed by atoms with van der Waals surface area (Å²) in [5.74, 6) is -0.163. The molecule has 0 bridgehead atoms. The van der Waals surface area contributed by atoms with E-state index in [1.165, 1.54) is 5.56 Å². The van der Waals surface area contributed by atoms with Crippen LogP contribution in [0.4, 0.5) is 0 Å². The van der Waals surface area contributed by atoms with E-state index in [2.05, 4.69) is 26.1 Å². The molecule has 1 aliphatic heterocycles. The van der Waals surface area contributed by atoms with E-state index < -0.39 is 6.04 Å². The van der Waals surface area contributed by atoms with Gasteiger partial charge in [-0.3, -0.25) is 9.59 Å². The van der Waals surface area contributed by atoms with Gasteiger partial charge in [-0.1, -0.05) is 32.9 Å². The molecule has 0 aliphatic carbocycles. The number of rotatable bonds is 1. The van der Waals surface area contributed by atoms with Gasteiger partial charge < -0.3 is 10.2 Å². The maximum atomic E-state index is 12.5. The summed E-state index contributed by atoms with van der Waals surface area (Å²) in [7, 11) is 0.